The topological polar surface area (TPSA) is 216 Å². The number of fused-ring (bicyclic) bond motifs is 4. The van der Waals surface area contributed by atoms with Crippen LogP contribution in [-0.2, 0) is 48.5 Å². The van der Waals surface area contributed by atoms with E-state index in [0.29, 0.717) is 93.1 Å². The molecule has 115 heavy (non-hydrogen) atoms. The van der Waals surface area contributed by atoms with Crippen molar-refractivity contribution in [3.8, 4) is 23.0 Å². The number of hydrogen-bond donors (Lipinski definition) is 4. The second-order valence-electron chi connectivity index (χ2n) is 27.3. The predicted octanol–water partition coefficient (Wildman–Crippen LogP) is 20.9. The quantitative estimate of drug-likeness (QED) is 0.0309. The number of anilines is 7. The molecule has 0 amide bonds. The van der Waals surface area contributed by atoms with Crippen LogP contribution < -0.4 is 54.9 Å². The van der Waals surface area contributed by atoms with Crippen molar-refractivity contribution in [1.29, 1.82) is 0 Å². The molecule has 12 rings (SSSR count). The lowest BCUT2D eigenvalue weighted by molar-refractivity contribution is 0.0517. The third-order valence-electron chi connectivity index (χ3n) is 19.0. The lowest BCUT2D eigenvalue weighted by atomic mass is 10.0. The summed E-state index contributed by atoms with van der Waals surface area (Å²) in [6.45, 7) is 46.3. The zero-order valence-electron chi connectivity index (χ0n) is 68.2. The normalized spacial score (nSPS) is 10.5. The monoisotopic (exact) mass is 1560 g/mol. The first kappa shape index (κ1) is 85.4. The average molecular weight is 1560 g/mol. The Bertz CT molecular complexity index is 5730. The Labute approximate surface area is 678 Å². The highest BCUT2D eigenvalue weighted by Gasteiger charge is 2.23. The molecule has 23 nitrogen and oxygen atoms in total. The van der Waals surface area contributed by atoms with E-state index in [1.54, 1.807) is 66.7 Å². The Hall–Kier alpha value is -13.6. The van der Waals surface area contributed by atoms with Gasteiger partial charge in [-0.1, -0.05) is 74.0 Å². The van der Waals surface area contributed by atoms with E-state index >= 15 is 0 Å². The summed E-state index contributed by atoms with van der Waals surface area (Å²) in [5.74, 6) is 2.26. The molecule has 0 radical (unpaired) electrons. The molecule has 4 heterocycles. The molecule has 24 heteroatoms. The maximum absolute atomic E-state index is 12.6. The van der Waals surface area contributed by atoms with Crippen LogP contribution in [0, 0.1) is 47.1 Å². The number of esters is 2. The first-order valence-corrected chi connectivity index (χ1v) is 37.7. The number of carbonyl (C=O) groups is 2. The van der Waals surface area contributed by atoms with Crippen molar-refractivity contribution in [3.05, 3.63) is 264 Å². The molecule has 0 aliphatic rings. The van der Waals surface area contributed by atoms with Gasteiger partial charge in [-0.05, 0) is 176 Å². The van der Waals surface area contributed by atoms with Gasteiger partial charge in [0.25, 0.3) is 0 Å². The van der Waals surface area contributed by atoms with Crippen LogP contribution in [0.2, 0.25) is 5.02 Å². The van der Waals surface area contributed by atoms with Gasteiger partial charge < -0.3 is 64.4 Å². The fourth-order valence-corrected chi connectivity index (χ4v) is 13.4. The van der Waals surface area contributed by atoms with Crippen LogP contribution in [0.15, 0.2) is 152 Å². The maximum atomic E-state index is 12.6. The van der Waals surface area contributed by atoms with Crippen LogP contribution in [0.25, 0.3) is 63.0 Å². The Balaban J connectivity index is 0.000000176. The number of aromatic nitrogens is 4. The Morgan fingerprint density at radius 3 is 1.15 bits per heavy atom. The molecule has 12 aromatic rings. The van der Waals surface area contributed by atoms with Crippen molar-refractivity contribution in [2.75, 3.05) is 120 Å². The van der Waals surface area contributed by atoms with Crippen molar-refractivity contribution in [2.45, 2.75) is 87.5 Å². The number of nitrogens with one attached hydrogen (secondary N) is 4. The molecule has 0 spiro atoms. The number of aryl methyl sites for hydroxylation is 5. The molecule has 0 atom stereocenters. The smallest absolute Gasteiger partial charge is 0.341 e. The predicted molar refractivity (Wildman–Crippen MR) is 466 cm³/mol. The molecule has 0 saturated heterocycles. The van der Waals surface area contributed by atoms with E-state index in [1.165, 1.54) is 6.20 Å². The van der Waals surface area contributed by atoms with Crippen LogP contribution >= 0.6 is 11.6 Å². The largest absolute Gasteiger partial charge is 0.497 e. The number of methoxy groups -OCH3 is 4. The van der Waals surface area contributed by atoms with E-state index in [-0.39, 0.29) is 13.2 Å². The summed E-state index contributed by atoms with van der Waals surface area (Å²) in [6, 6.07) is 40.4. The van der Waals surface area contributed by atoms with Crippen LogP contribution in [0.5, 0.6) is 23.0 Å². The van der Waals surface area contributed by atoms with Gasteiger partial charge in [0, 0.05) is 126 Å². The molecular formula is C91H96ClN15O8. The van der Waals surface area contributed by atoms with E-state index < -0.39 is 11.9 Å². The van der Waals surface area contributed by atoms with Gasteiger partial charge in [0.15, 0.2) is 22.7 Å². The van der Waals surface area contributed by atoms with Gasteiger partial charge in [-0.25, -0.2) is 29.0 Å². The maximum Gasteiger partial charge on any atom is 0.341 e. The highest BCUT2D eigenvalue weighted by atomic mass is 35.5. The molecule has 0 aliphatic carbocycles. The lowest BCUT2D eigenvalue weighted by Crippen LogP contribution is -2.13. The zero-order chi connectivity index (χ0) is 83.2. The van der Waals surface area contributed by atoms with Crippen molar-refractivity contribution in [1.82, 2.24) is 19.9 Å². The third-order valence-corrected chi connectivity index (χ3v) is 19.3. The molecule has 590 valence electrons. The number of halogens is 1. The van der Waals surface area contributed by atoms with Crippen molar-refractivity contribution < 1.29 is 38.0 Å². The van der Waals surface area contributed by atoms with E-state index in [2.05, 4.69) is 67.5 Å². The summed E-state index contributed by atoms with van der Waals surface area (Å²) in [7, 11) is 18.2. The molecule has 0 saturated carbocycles. The number of nitrogens with zero attached hydrogens (tertiary/aromatic N) is 11. The molecular weight excluding hydrogens is 1470 g/mol. The molecule has 4 N–H and O–H groups in total. The number of benzene rings is 8. The summed E-state index contributed by atoms with van der Waals surface area (Å²) >= 11 is 6.26. The van der Waals surface area contributed by atoms with Gasteiger partial charge in [-0.3, -0.25) is 19.9 Å². The van der Waals surface area contributed by atoms with Gasteiger partial charge in [0.2, 0.25) is 0 Å². The van der Waals surface area contributed by atoms with Crippen LogP contribution in [0.1, 0.15) is 98.5 Å². The first-order valence-electron chi connectivity index (χ1n) is 37.3. The average Bonchev–Trinajstić information content (AvgIpc) is 0.781. The van der Waals surface area contributed by atoms with E-state index in [1.807, 2.05) is 206 Å². The molecule has 0 bridgehead atoms. The van der Waals surface area contributed by atoms with E-state index in [9.17, 15) is 9.59 Å². The minimum absolute atomic E-state index is 0.263. The lowest BCUT2D eigenvalue weighted by Gasteiger charge is -2.19. The Morgan fingerprint density at radius 2 is 0.748 bits per heavy atom. The van der Waals surface area contributed by atoms with E-state index in [4.69, 9.17) is 66.3 Å². The number of pyridine rings is 4. The van der Waals surface area contributed by atoms with Crippen LogP contribution in [0.3, 0.4) is 0 Å². The minimum atomic E-state index is -0.454. The summed E-state index contributed by atoms with van der Waals surface area (Å²) < 4.78 is 31.6. The molecule has 0 unspecified atom stereocenters. The van der Waals surface area contributed by atoms with Crippen LogP contribution in [-0.4, -0.2) is 116 Å². The summed E-state index contributed by atoms with van der Waals surface area (Å²) in [4.78, 5) is 63.9. The van der Waals surface area contributed by atoms with Crippen LogP contribution in [0.4, 0.5) is 62.6 Å². The van der Waals surface area contributed by atoms with Gasteiger partial charge in [-0.15, -0.1) is 0 Å². The summed E-state index contributed by atoms with van der Waals surface area (Å²) in [6.07, 6.45) is 8.46. The summed E-state index contributed by atoms with van der Waals surface area (Å²) in [5, 5.41) is 17.8. The number of rotatable bonds is 25. The SMILES string of the molecule is [C-]#[N+]c1cc(CC)c2ncc(C(=O)OCC)c(NCc3ccc(OC)c(C)c3)c2c1.[C-]#[N+]c1cc(N(C)C)c2ncc(C(=O)OCC)c(NCc3ccc(OC)c(C)c3)c2c1.[C-]#[N+]c1cc(N(C)C)c2ncc(C)c(NCc3ccc(OC)cc3)c2c1.[C-]#[N+]c1cc(N(C)C)c2ncc(CC)c(NCc3ccc(OC)c(Cl)c3)c2c1. The van der Waals surface area contributed by atoms with Gasteiger partial charge in [0.05, 0.1) is 123 Å². The number of hydrogen-bond acceptors (Lipinski definition) is 19. The van der Waals surface area contributed by atoms with Gasteiger partial charge in [0.1, 0.15) is 34.1 Å². The molecule has 0 fully saturated rings. The number of ether oxygens (including phenoxy) is 6. The highest BCUT2D eigenvalue weighted by molar-refractivity contribution is 6.32. The number of carbonyl (C=O) groups excluding carboxylic acids is 2. The second-order valence-corrected chi connectivity index (χ2v) is 27.7. The minimum Gasteiger partial charge on any atom is -0.497 e. The second kappa shape index (κ2) is 40.0. The Kier molecular flexibility index (Phi) is 29.7. The zero-order valence-corrected chi connectivity index (χ0v) is 68.9. The Morgan fingerprint density at radius 1 is 0.391 bits per heavy atom. The standard InChI is InChI=1S/C24H26N4O3.C24H25N3O3.C22H23ClN4O.C21H22N4O/c1-7-31-24(29)19-14-27-23-18(11-17(25-3)12-20(23)28(4)5)22(19)26-13-16-8-9-21(30-6)15(2)10-16;1-6-17-11-18(25-4)12-19-22(17)27-14-20(24(28)30-7-2)23(19)26-13-16-8-9-21(29-5)15(3)10-16;1-6-15-13-26-22-17(10-16(24-2)11-19(22)27(3)4)21(15)25-12-14-7-8-20(28-5)18(23)9-14;1-14-12-23-21-18(10-16(22-2)11-19(21)25(3)4)20(14)24-13-15-6-8-17(26-5)9-7-15/h8-12,14H,7,13H2,1-2,4-6H3,(H,26,27);8-12,14H,6-7,13H2,1-3,5H3,(H,26,27);7-11,13H,6,12H2,1,3-5H3,(H,25,26);6-12H,13H2,1,3-5H3,(H,23,24). The van der Waals surface area contributed by atoms with Gasteiger partial charge in [-0.2, -0.15) is 0 Å². The van der Waals surface area contributed by atoms with E-state index in [0.717, 1.165) is 141 Å². The molecule has 8 aromatic carbocycles. The molecule has 0 aliphatic heterocycles. The fourth-order valence-electron chi connectivity index (χ4n) is 13.1. The third kappa shape index (κ3) is 20.6. The first-order chi connectivity index (χ1) is 55.4. The van der Waals surface area contributed by atoms with Crippen molar-refractivity contribution in [3.63, 3.8) is 0 Å². The molecule has 4 aromatic heterocycles. The summed E-state index contributed by atoms with van der Waals surface area (Å²) in [5.41, 5.74) is 21.6. The fraction of sp³-hybridized carbons (Fsp3) is 0.275. The van der Waals surface area contributed by atoms with Gasteiger partial charge >= 0.3 is 11.9 Å². The van der Waals surface area contributed by atoms with Crippen molar-refractivity contribution >= 4 is 130 Å². The highest BCUT2D eigenvalue weighted by Crippen LogP contribution is 2.41. The van der Waals surface area contributed by atoms with Crippen molar-refractivity contribution in [2.24, 2.45) is 0 Å².